The zero-order valence-electron chi connectivity index (χ0n) is 12.9. The van der Waals surface area contributed by atoms with E-state index in [4.69, 9.17) is 0 Å². The zero-order valence-corrected chi connectivity index (χ0v) is 12.9. The molecule has 0 unspecified atom stereocenters. The third kappa shape index (κ3) is 3.22. The molecule has 0 aliphatic carbocycles. The molecule has 2 aromatic rings. The van der Waals surface area contributed by atoms with Crippen LogP contribution in [-0.2, 0) is 13.5 Å². The third-order valence-electron chi connectivity index (χ3n) is 3.37. The number of hydrogen-bond acceptors (Lipinski definition) is 4. The molecule has 0 aliphatic heterocycles. The largest absolute Gasteiger partial charge is 0.331 e. The molecule has 0 aliphatic rings. The van der Waals surface area contributed by atoms with Crippen molar-refractivity contribution in [3.63, 3.8) is 0 Å². The van der Waals surface area contributed by atoms with Crippen molar-refractivity contribution >= 4 is 0 Å². The van der Waals surface area contributed by atoms with Crippen molar-refractivity contribution in [3.8, 4) is 11.6 Å². The molecule has 0 fully saturated rings. The first-order valence-corrected chi connectivity index (χ1v) is 7.04. The Morgan fingerprint density at radius 2 is 1.85 bits per heavy atom. The fourth-order valence-corrected chi connectivity index (χ4v) is 2.27. The lowest BCUT2D eigenvalue weighted by Gasteiger charge is -2.12. The summed E-state index contributed by atoms with van der Waals surface area (Å²) >= 11 is 0. The highest BCUT2D eigenvalue weighted by Gasteiger charge is 2.12. The van der Waals surface area contributed by atoms with Gasteiger partial charge in [0.15, 0.2) is 11.6 Å². The monoisotopic (exact) mass is 273 g/mol. The summed E-state index contributed by atoms with van der Waals surface area (Å²) in [6.45, 7) is 9.35. The topological polar surface area (TPSA) is 55.6 Å². The summed E-state index contributed by atoms with van der Waals surface area (Å²) in [6.07, 6.45) is 4.63. The third-order valence-corrected chi connectivity index (χ3v) is 3.37. The van der Waals surface area contributed by atoms with Gasteiger partial charge in [-0.05, 0) is 32.4 Å². The van der Waals surface area contributed by atoms with E-state index >= 15 is 0 Å². The van der Waals surface area contributed by atoms with Gasteiger partial charge in [0.1, 0.15) is 0 Å². The Kier molecular flexibility index (Phi) is 4.49. The first kappa shape index (κ1) is 14.7. The van der Waals surface area contributed by atoms with Crippen LogP contribution in [0.5, 0.6) is 0 Å². The van der Waals surface area contributed by atoms with Gasteiger partial charge in [-0.15, -0.1) is 0 Å². The van der Waals surface area contributed by atoms with Crippen LogP contribution in [0.15, 0.2) is 12.4 Å². The molecule has 2 rings (SSSR count). The highest BCUT2D eigenvalue weighted by atomic mass is 15.1. The van der Waals surface area contributed by atoms with Gasteiger partial charge in [0.2, 0.25) is 0 Å². The molecule has 20 heavy (non-hydrogen) atoms. The summed E-state index contributed by atoms with van der Waals surface area (Å²) in [4.78, 5) is 13.5. The Morgan fingerprint density at radius 3 is 2.35 bits per heavy atom. The molecular formula is C15H23N5. The number of nitrogens with zero attached hydrogens (tertiary/aromatic N) is 4. The summed E-state index contributed by atoms with van der Waals surface area (Å²) in [5.41, 5.74) is 3.32. The van der Waals surface area contributed by atoms with Crippen LogP contribution in [0, 0.1) is 13.8 Å². The van der Waals surface area contributed by atoms with E-state index in [1.807, 2.05) is 31.7 Å². The van der Waals surface area contributed by atoms with Crippen LogP contribution in [0.3, 0.4) is 0 Å². The minimum Gasteiger partial charge on any atom is -0.331 e. The Morgan fingerprint density at radius 1 is 1.20 bits per heavy atom. The standard InChI is InChI=1S/C15H23N5/c1-10(2)16-7-6-13-11(3)18-14(19-12(13)4)15-17-8-9-20(15)5/h8-10,16H,6-7H2,1-5H3. The molecule has 1 N–H and O–H groups in total. The van der Waals surface area contributed by atoms with Crippen LogP contribution in [-0.4, -0.2) is 32.1 Å². The van der Waals surface area contributed by atoms with E-state index in [0.717, 1.165) is 30.2 Å². The number of aryl methyl sites for hydroxylation is 3. The fourth-order valence-electron chi connectivity index (χ4n) is 2.27. The molecular weight excluding hydrogens is 250 g/mol. The van der Waals surface area contributed by atoms with E-state index in [1.165, 1.54) is 5.56 Å². The van der Waals surface area contributed by atoms with Gasteiger partial charge in [0.05, 0.1) is 0 Å². The van der Waals surface area contributed by atoms with Crippen molar-refractivity contribution in [3.05, 3.63) is 29.3 Å². The van der Waals surface area contributed by atoms with Crippen molar-refractivity contribution in [2.75, 3.05) is 6.54 Å². The molecule has 0 aromatic carbocycles. The van der Waals surface area contributed by atoms with Gasteiger partial charge in [0.25, 0.3) is 0 Å². The van der Waals surface area contributed by atoms with Crippen molar-refractivity contribution in [2.45, 2.75) is 40.2 Å². The van der Waals surface area contributed by atoms with Gasteiger partial charge in [-0.25, -0.2) is 15.0 Å². The molecule has 2 aromatic heterocycles. The van der Waals surface area contributed by atoms with Gasteiger partial charge in [-0.2, -0.15) is 0 Å². The number of hydrogen-bond donors (Lipinski definition) is 1. The Hall–Kier alpha value is -1.75. The molecule has 0 saturated heterocycles. The van der Waals surface area contributed by atoms with E-state index in [0.29, 0.717) is 11.9 Å². The lowest BCUT2D eigenvalue weighted by Crippen LogP contribution is -2.25. The average molecular weight is 273 g/mol. The Labute approximate surface area is 120 Å². The predicted octanol–water partition coefficient (Wildman–Crippen LogP) is 2.03. The average Bonchev–Trinajstić information content (AvgIpc) is 2.78. The summed E-state index contributed by atoms with van der Waals surface area (Å²) < 4.78 is 1.94. The van der Waals surface area contributed by atoms with Gasteiger partial charge >= 0.3 is 0 Å². The molecule has 0 spiro atoms. The molecule has 0 atom stereocenters. The van der Waals surface area contributed by atoms with Crippen LogP contribution in [0.2, 0.25) is 0 Å². The lowest BCUT2D eigenvalue weighted by molar-refractivity contribution is 0.587. The first-order valence-electron chi connectivity index (χ1n) is 7.04. The molecule has 5 heteroatoms. The van der Waals surface area contributed by atoms with Crippen LogP contribution in [0.1, 0.15) is 30.8 Å². The molecule has 108 valence electrons. The Balaban J connectivity index is 2.23. The van der Waals surface area contributed by atoms with Crippen LogP contribution in [0.25, 0.3) is 11.6 Å². The smallest absolute Gasteiger partial charge is 0.196 e. The van der Waals surface area contributed by atoms with E-state index in [9.17, 15) is 0 Å². The summed E-state index contributed by atoms with van der Waals surface area (Å²) in [5.74, 6) is 1.51. The lowest BCUT2D eigenvalue weighted by atomic mass is 10.1. The maximum absolute atomic E-state index is 4.61. The second kappa shape index (κ2) is 6.13. The zero-order chi connectivity index (χ0) is 14.7. The van der Waals surface area contributed by atoms with Crippen LogP contribution < -0.4 is 5.32 Å². The summed E-state index contributed by atoms with van der Waals surface area (Å²) in [7, 11) is 1.96. The number of rotatable bonds is 5. The van der Waals surface area contributed by atoms with E-state index in [2.05, 4.69) is 34.1 Å². The predicted molar refractivity (Wildman–Crippen MR) is 80.6 cm³/mol. The molecule has 0 radical (unpaired) electrons. The molecule has 0 bridgehead atoms. The SMILES string of the molecule is Cc1nc(-c2nccn2C)nc(C)c1CCNC(C)C. The van der Waals surface area contributed by atoms with E-state index in [-0.39, 0.29) is 0 Å². The number of imidazole rings is 1. The van der Waals surface area contributed by atoms with E-state index in [1.54, 1.807) is 6.20 Å². The van der Waals surface area contributed by atoms with Gasteiger partial charge in [-0.1, -0.05) is 13.8 Å². The summed E-state index contributed by atoms with van der Waals surface area (Å²) in [6, 6.07) is 0.503. The quantitative estimate of drug-likeness (QED) is 0.905. The van der Waals surface area contributed by atoms with Crippen molar-refractivity contribution < 1.29 is 0 Å². The van der Waals surface area contributed by atoms with Crippen LogP contribution >= 0.6 is 0 Å². The number of aromatic nitrogens is 4. The van der Waals surface area contributed by atoms with Crippen LogP contribution in [0.4, 0.5) is 0 Å². The van der Waals surface area contributed by atoms with Gasteiger partial charge in [-0.3, -0.25) is 0 Å². The van der Waals surface area contributed by atoms with Gasteiger partial charge < -0.3 is 9.88 Å². The Bertz CT molecular complexity index is 563. The summed E-state index contributed by atoms with van der Waals surface area (Å²) in [5, 5.41) is 3.43. The highest BCUT2D eigenvalue weighted by Crippen LogP contribution is 2.17. The molecule has 0 saturated carbocycles. The van der Waals surface area contributed by atoms with Gasteiger partial charge in [0, 0.05) is 36.9 Å². The minimum atomic E-state index is 0.503. The first-order chi connectivity index (χ1) is 9.49. The normalized spacial score (nSPS) is 11.3. The maximum Gasteiger partial charge on any atom is 0.196 e. The fraction of sp³-hybridized carbons (Fsp3) is 0.533. The maximum atomic E-state index is 4.61. The second-order valence-electron chi connectivity index (χ2n) is 5.42. The molecule has 5 nitrogen and oxygen atoms in total. The number of nitrogens with one attached hydrogen (secondary N) is 1. The second-order valence-corrected chi connectivity index (χ2v) is 5.42. The minimum absolute atomic E-state index is 0.503. The van der Waals surface area contributed by atoms with Crippen molar-refractivity contribution in [2.24, 2.45) is 7.05 Å². The van der Waals surface area contributed by atoms with Crippen molar-refractivity contribution in [1.29, 1.82) is 0 Å². The van der Waals surface area contributed by atoms with E-state index < -0.39 is 0 Å². The molecule has 2 heterocycles. The molecule has 0 amide bonds. The van der Waals surface area contributed by atoms with Crippen molar-refractivity contribution in [1.82, 2.24) is 24.8 Å². The highest BCUT2D eigenvalue weighted by molar-refractivity contribution is 5.46.